The predicted octanol–water partition coefficient (Wildman–Crippen LogP) is 5.18. The lowest BCUT2D eigenvalue weighted by Gasteiger charge is -2.34. The maximum Gasteiger partial charge on any atom is 0.0133 e. The minimum atomic E-state index is 0.669. The lowest BCUT2D eigenvalue weighted by molar-refractivity contribution is 0.151. The molecule has 1 atom stereocenters. The van der Waals surface area contributed by atoms with Gasteiger partial charge in [-0.05, 0) is 42.2 Å². The highest BCUT2D eigenvalue weighted by molar-refractivity contribution is 5.23. The highest BCUT2D eigenvalue weighted by Crippen LogP contribution is 2.17. The number of benzene rings is 1. The van der Waals surface area contributed by atoms with Crippen molar-refractivity contribution >= 4 is 0 Å². The summed E-state index contributed by atoms with van der Waals surface area (Å²) in [6.45, 7) is 16.3. The minimum absolute atomic E-state index is 0.669. The molecule has 0 aliphatic rings. The van der Waals surface area contributed by atoms with Gasteiger partial charge < -0.3 is 0 Å². The zero-order valence-corrected chi connectivity index (χ0v) is 15.0. The second kappa shape index (κ2) is 9.25. The van der Waals surface area contributed by atoms with Crippen LogP contribution in [0, 0.1) is 11.8 Å². The van der Waals surface area contributed by atoms with Crippen LogP contribution in [-0.2, 0) is 12.8 Å². The lowest BCUT2D eigenvalue weighted by atomic mass is 9.98. The Hall–Kier alpha value is -0.820. The molecule has 0 saturated carbocycles. The molecule has 0 aliphatic heterocycles. The Bertz CT molecular complexity index is 367. The molecular formula is C20H35N. The number of rotatable bonds is 9. The summed E-state index contributed by atoms with van der Waals surface area (Å²) >= 11 is 0. The number of hydrogen-bond donors (Lipinski definition) is 0. The third kappa shape index (κ3) is 6.65. The van der Waals surface area contributed by atoms with Gasteiger partial charge in [-0.15, -0.1) is 0 Å². The van der Waals surface area contributed by atoms with E-state index in [9.17, 15) is 0 Å². The van der Waals surface area contributed by atoms with Crippen molar-refractivity contribution in [3.63, 3.8) is 0 Å². The van der Waals surface area contributed by atoms with E-state index in [1.54, 1.807) is 0 Å². The summed E-state index contributed by atoms with van der Waals surface area (Å²) in [5, 5.41) is 0. The van der Waals surface area contributed by atoms with Crippen molar-refractivity contribution < 1.29 is 0 Å². The van der Waals surface area contributed by atoms with Crippen molar-refractivity contribution in [2.75, 3.05) is 13.1 Å². The van der Waals surface area contributed by atoms with Crippen molar-refractivity contribution in [2.45, 2.75) is 66.8 Å². The zero-order valence-electron chi connectivity index (χ0n) is 15.0. The first kappa shape index (κ1) is 18.2. The van der Waals surface area contributed by atoms with E-state index in [-0.39, 0.29) is 0 Å². The fraction of sp³-hybridized carbons (Fsp3) is 0.700. The molecular weight excluding hydrogens is 254 g/mol. The van der Waals surface area contributed by atoms with Crippen LogP contribution in [0.15, 0.2) is 24.3 Å². The monoisotopic (exact) mass is 289 g/mol. The average Bonchev–Trinajstić information content (AvgIpc) is 2.43. The van der Waals surface area contributed by atoms with Crippen molar-refractivity contribution in [1.82, 2.24) is 4.90 Å². The van der Waals surface area contributed by atoms with Gasteiger partial charge in [-0.25, -0.2) is 0 Å². The van der Waals surface area contributed by atoms with Crippen LogP contribution in [-0.4, -0.2) is 24.0 Å². The van der Waals surface area contributed by atoms with Crippen LogP contribution in [0.25, 0.3) is 0 Å². The van der Waals surface area contributed by atoms with Gasteiger partial charge in [0.2, 0.25) is 0 Å². The van der Waals surface area contributed by atoms with Gasteiger partial charge in [0, 0.05) is 19.1 Å². The van der Waals surface area contributed by atoms with Crippen LogP contribution < -0.4 is 0 Å². The summed E-state index contributed by atoms with van der Waals surface area (Å²) in [6, 6.07) is 9.89. The van der Waals surface area contributed by atoms with E-state index in [1.165, 1.54) is 37.1 Å². The molecule has 0 N–H and O–H groups in total. The number of nitrogens with zero attached hydrogens (tertiary/aromatic N) is 1. The van der Waals surface area contributed by atoms with Gasteiger partial charge in [0.1, 0.15) is 0 Å². The summed E-state index contributed by atoms with van der Waals surface area (Å²) in [5.74, 6) is 1.47. The summed E-state index contributed by atoms with van der Waals surface area (Å²) in [4.78, 5) is 2.71. The molecule has 0 spiro atoms. The molecule has 21 heavy (non-hydrogen) atoms. The standard InChI is InChI=1S/C20H35N/c1-7-18-9-11-19(12-10-18)13-20(8-2)21(14-16(3)4)15-17(5)6/h9-12,16-17,20H,7-8,13-15H2,1-6H3. The molecule has 0 radical (unpaired) electrons. The van der Waals surface area contributed by atoms with Crippen molar-refractivity contribution in [2.24, 2.45) is 11.8 Å². The Balaban J connectivity index is 2.75. The highest BCUT2D eigenvalue weighted by atomic mass is 15.2. The lowest BCUT2D eigenvalue weighted by Crippen LogP contribution is -2.41. The summed E-state index contributed by atoms with van der Waals surface area (Å²) in [6.07, 6.45) is 3.54. The van der Waals surface area contributed by atoms with Crippen LogP contribution in [0.4, 0.5) is 0 Å². The molecule has 1 aromatic rings. The van der Waals surface area contributed by atoms with Gasteiger partial charge in [-0.3, -0.25) is 4.90 Å². The molecule has 1 aromatic carbocycles. The Labute approximate surface area is 132 Å². The van der Waals surface area contributed by atoms with E-state index < -0.39 is 0 Å². The van der Waals surface area contributed by atoms with Crippen LogP contribution in [0.2, 0.25) is 0 Å². The van der Waals surface area contributed by atoms with E-state index >= 15 is 0 Å². The third-order valence-corrected chi connectivity index (χ3v) is 4.09. The quantitative estimate of drug-likeness (QED) is 0.605. The van der Waals surface area contributed by atoms with Crippen molar-refractivity contribution in [3.8, 4) is 0 Å². The maximum atomic E-state index is 2.71. The van der Waals surface area contributed by atoms with Gasteiger partial charge >= 0.3 is 0 Å². The average molecular weight is 290 g/mol. The zero-order chi connectivity index (χ0) is 15.8. The summed E-state index contributed by atoms with van der Waals surface area (Å²) < 4.78 is 0. The summed E-state index contributed by atoms with van der Waals surface area (Å²) in [7, 11) is 0. The van der Waals surface area contributed by atoms with E-state index in [0.717, 1.165) is 18.3 Å². The molecule has 0 saturated heterocycles. The van der Waals surface area contributed by atoms with Gasteiger partial charge in [-0.2, -0.15) is 0 Å². The highest BCUT2D eigenvalue weighted by Gasteiger charge is 2.19. The van der Waals surface area contributed by atoms with Crippen LogP contribution in [0.5, 0.6) is 0 Å². The molecule has 120 valence electrons. The van der Waals surface area contributed by atoms with Crippen molar-refractivity contribution in [1.29, 1.82) is 0 Å². The first-order valence-corrected chi connectivity index (χ1v) is 8.78. The Morgan fingerprint density at radius 2 is 1.29 bits per heavy atom. The van der Waals surface area contributed by atoms with Crippen LogP contribution >= 0.6 is 0 Å². The SMILES string of the molecule is CCc1ccc(CC(CC)N(CC(C)C)CC(C)C)cc1. The molecule has 0 amide bonds. The molecule has 0 heterocycles. The fourth-order valence-electron chi connectivity index (χ4n) is 3.03. The topological polar surface area (TPSA) is 3.24 Å². The van der Waals surface area contributed by atoms with Crippen molar-refractivity contribution in [3.05, 3.63) is 35.4 Å². The second-order valence-corrected chi connectivity index (χ2v) is 7.18. The smallest absolute Gasteiger partial charge is 0.0133 e. The van der Waals surface area contributed by atoms with Gasteiger partial charge in [0.25, 0.3) is 0 Å². The van der Waals surface area contributed by atoms with Crippen LogP contribution in [0.3, 0.4) is 0 Å². The number of hydrogen-bond acceptors (Lipinski definition) is 1. The Kier molecular flexibility index (Phi) is 8.03. The van der Waals surface area contributed by atoms with E-state index in [1.807, 2.05) is 0 Å². The molecule has 0 aromatic heterocycles. The molecule has 1 nitrogen and oxygen atoms in total. The maximum absolute atomic E-state index is 2.71. The largest absolute Gasteiger partial charge is 0.300 e. The molecule has 0 fully saturated rings. The fourth-order valence-corrected chi connectivity index (χ4v) is 3.03. The Morgan fingerprint density at radius 1 is 0.810 bits per heavy atom. The number of aryl methyl sites for hydroxylation is 1. The Morgan fingerprint density at radius 3 is 1.67 bits per heavy atom. The second-order valence-electron chi connectivity index (χ2n) is 7.18. The molecule has 0 aliphatic carbocycles. The normalized spacial score (nSPS) is 13.4. The third-order valence-electron chi connectivity index (χ3n) is 4.09. The van der Waals surface area contributed by atoms with Gasteiger partial charge in [-0.1, -0.05) is 65.8 Å². The molecule has 0 bridgehead atoms. The predicted molar refractivity (Wildman–Crippen MR) is 94.9 cm³/mol. The van der Waals surface area contributed by atoms with Gasteiger partial charge in [0.15, 0.2) is 0 Å². The molecule has 1 unspecified atom stereocenters. The minimum Gasteiger partial charge on any atom is -0.300 e. The molecule has 1 heteroatoms. The summed E-state index contributed by atoms with van der Waals surface area (Å²) in [5.41, 5.74) is 2.92. The first-order valence-electron chi connectivity index (χ1n) is 8.78. The van der Waals surface area contributed by atoms with E-state index in [2.05, 4.69) is 70.7 Å². The molecule has 1 rings (SSSR count). The van der Waals surface area contributed by atoms with Gasteiger partial charge in [0.05, 0.1) is 0 Å². The van der Waals surface area contributed by atoms with E-state index in [0.29, 0.717) is 6.04 Å². The van der Waals surface area contributed by atoms with Crippen LogP contribution in [0.1, 0.15) is 59.1 Å². The van der Waals surface area contributed by atoms with E-state index in [4.69, 9.17) is 0 Å². The first-order chi connectivity index (χ1) is 9.96.